The van der Waals surface area contributed by atoms with Crippen molar-refractivity contribution < 1.29 is 28.8 Å². The second-order valence-electron chi connectivity index (χ2n) is 6.94. The van der Waals surface area contributed by atoms with Gasteiger partial charge in [-0.25, -0.2) is 4.79 Å². The van der Waals surface area contributed by atoms with Crippen LogP contribution < -0.4 is 10.2 Å². The van der Waals surface area contributed by atoms with E-state index in [2.05, 4.69) is 5.32 Å². The molecule has 1 aromatic heterocycles. The topological polar surface area (TPSA) is 143 Å². The molecule has 0 bridgehead atoms. The molecule has 0 saturated carbocycles. The summed E-state index contributed by atoms with van der Waals surface area (Å²) in [5, 5.41) is 22.4. The average Bonchev–Trinajstić information content (AvgIpc) is 3.25. The summed E-state index contributed by atoms with van der Waals surface area (Å²) in [6.45, 7) is 0. The van der Waals surface area contributed by atoms with E-state index in [0.717, 1.165) is 4.90 Å². The maximum absolute atomic E-state index is 13.1. The standard InChI is InChI=1S/C22H12ClN3O7S/c23-16-7-3-12(9-17(16)26(31)32)18-8-6-14(33-18)10-15-19(27)24-22(34)25(20(15)28)13-4-1-11(2-5-13)21(29)30/h1-10H,(H,29,30)(H,24,27,34)/b15-10-. The van der Waals surface area contributed by atoms with E-state index < -0.39 is 22.7 Å². The van der Waals surface area contributed by atoms with Crippen molar-refractivity contribution in [3.63, 3.8) is 0 Å². The Balaban J connectivity index is 1.66. The van der Waals surface area contributed by atoms with Crippen LogP contribution in [0.3, 0.4) is 0 Å². The van der Waals surface area contributed by atoms with Gasteiger partial charge >= 0.3 is 5.97 Å². The SMILES string of the molecule is O=C1NC(=S)N(c2ccc(C(=O)O)cc2)C(=O)/C1=C\c1ccc(-c2ccc(Cl)c([N+](=O)[O-])c2)o1. The number of nitro groups is 1. The van der Waals surface area contributed by atoms with Crippen molar-refractivity contribution in [3.05, 3.63) is 86.6 Å². The zero-order valence-electron chi connectivity index (χ0n) is 16.9. The van der Waals surface area contributed by atoms with Gasteiger partial charge in [0.05, 0.1) is 16.2 Å². The number of thiocarbonyl (C=S) groups is 1. The molecule has 0 atom stereocenters. The van der Waals surface area contributed by atoms with Crippen LogP contribution in [0.1, 0.15) is 16.1 Å². The summed E-state index contributed by atoms with van der Waals surface area (Å²) in [5.41, 5.74) is 0.0831. The van der Waals surface area contributed by atoms with Crippen LogP contribution in [0.4, 0.5) is 11.4 Å². The average molecular weight is 498 g/mol. The summed E-state index contributed by atoms with van der Waals surface area (Å²) in [6.07, 6.45) is 1.21. The van der Waals surface area contributed by atoms with Crippen molar-refractivity contribution in [1.29, 1.82) is 0 Å². The van der Waals surface area contributed by atoms with Crippen molar-refractivity contribution in [2.24, 2.45) is 0 Å². The molecular formula is C22H12ClN3O7S. The molecule has 2 N–H and O–H groups in total. The van der Waals surface area contributed by atoms with E-state index >= 15 is 0 Å². The molecule has 1 aliphatic rings. The predicted octanol–water partition coefficient (Wildman–Crippen LogP) is 4.04. The number of carbonyl (C=O) groups excluding carboxylic acids is 2. The van der Waals surface area contributed by atoms with Crippen LogP contribution in [0.15, 0.2) is 64.6 Å². The molecular weight excluding hydrogens is 486 g/mol. The molecule has 2 heterocycles. The van der Waals surface area contributed by atoms with Crippen molar-refractivity contribution in [1.82, 2.24) is 5.32 Å². The molecule has 0 unspecified atom stereocenters. The summed E-state index contributed by atoms with van der Waals surface area (Å²) in [4.78, 5) is 48.1. The van der Waals surface area contributed by atoms with Gasteiger partial charge in [-0.15, -0.1) is 0 Å². The number of carboxylic acids is 1. The highest BCUT2D eigenvalue weighted by molar-refractivity contribution is 7.80. The minimum Gasteiger partial charge on any atom is -0.478 e. The molecule has 1 saturated heterocycles. The van der Waals surface area contributed by atoms with Crippen LogP contribution in [0.25, 0.3) is 17.4 Å². The van der Waals surface area contributed by atoms with E-state index in [0.29, 0.717) is 5.56 Å². The van der Waals surface area contributed by atoms with Gasteiger partial charge in [0.15, 0.2) is 5.11 Å². The molecule has 3 aromatic rings. The highest BCUT2D eigenvalue weighted by Crippen LogP contribution is 2.32. The van der Waals surface area contributed by atoms with E-state index in [1.807, 2.05) is 0 Å². The molecule has 0 aliphatic carbocycles. The molecule has 1 fully saturated rings. The monoisotopic (exact) mass is 497 g/mol. The maximum atomic E-state index is 13.1. The number of amides is 2. The smallest absolute Gasteiger partial charge is 0.335 e. The van der Waals surface area contributed by atoms with E-state index in [4.69, 9.17) is 33.3 Å². The van der Waals surface area contributed by atoms with Crippen LogP contribution in [0.5, 0.6) is 0 Å². The Morgan fingerprint density at radius 3 is 2.50 bits per heavy atom. The third-order valence-corrected chi connectivity index (χ3v) is 5.42. The maximum Gasteiger partial charge on any atom is 0.335 e. The largest absolute Gasteiger partial charge is 0.478 e. The normalized spacial score (nSPS) is 14.9. The van der Waals surface area contributed by atoms with Crippen molar-refractivity contribution in [2.75, 3.05) is 4.90 Å². The fourth-order valence-electron chi connectivity index (χ4n) is 3.18. The van der Waals surface area contributed by atoms with Crippen LogP contribution >= 0.6 is 23.8 Å². The molecule has 0 radical (unpaired) electrons. The van der Waals surface area contributed by atoms with Gasteiger partial charge in [-0.1, -0.05) is 11.6 Å². The fraction of sp³-hybridized carbons (Fsp3) is 0. The summed E-state index contributed by atoms with van der Waals surface area (Å²) < 4.78 is 5.66. The Morgan fingerprint density at radius 2 is 1.85 bits per heavy atom. The Kier molecular flexibility index (Phi) is 5.97. The molecule has 10 nitrogen and oxygen atoms in total. The minimum absolute atomic E-state index is 0.0180. The number of nitro benzene ring substituents is 1. The number of carbonyl (C=O) groups is 3. The Bertz CT molecular complexity index is 1410. The number of hydrogen-bond acceptors (Lipinski definition) is 7. The van der Waals surface area contributed by atoms with Crippen LogP contribution in [0.2, 0.25) is 5.02 Å². The summed E-state index contributed by atoms with van der Waals surface area (Å²) in [7, 11) is 0. The number of hydrogen-bond donors (Lipinski definition) is 2. The lowest BCUT2D eigenvalue weighted by Crippen LogP contribution is -2.54. The second-order valence-corrected chi connectivity index (χ2v) is 7.73. The molecule has 170 valence electrons. The van der Waals surface area contributed by atoms with Gasteiger partial charge < -0.3 is 9.52 Å². The molecule has 34 heavy (non-hydrogen) atoms. The number of carboxylic acid groups (broad SMARTS) is 1. The first-order chi connectivity index (χ1) is 16.2. The molecule has 4 rings (SSSR count). The first kappa shape index (κ1) is 22.8. The van der Waals surface area contributed by atoms with Crippen LogP contribution in [-0.4, -0.2) is 32.9 Å². The van der Waals surface area contributed by atoms with Gasteiger partial charge in [0, 0.05) is 11.6 Å². The van der Waals surface area contributed by atoms with E-state index in [1.165, 1.54) is 60.7 Å². The highest BCUT2D eigenvalue weighted by Gasteiger charge is 2.34. The number of rotatable bonds is 5. The Morgan fingerprint density at radius 1 is 1.15 bits per heavy atom. The molecule has 2 aromatic carbocycles. The molecule has 12 heteroatoms. The zero-order valence-corrected chi connectivity index (χ0v) is 18.4. The number of halogens is 1. The first-order valence-electron chi connectivity index (χ1n) is 9.44. The van der Waals surface area contributed by atoms with E-state index in [9.17, 15) is 24.5 Å². The van der Waals surface area contributed by atoms with Gasteiger partial charge in [-0.2, -0.15) is 0 Å². The number of aromatic carboxylic acids is 1. The Hall–Kier alpha value is -4.35. The zero-order chi connectivity index (χ0) is 24.6. The Labute approximate surface area is 201 Å². The summed E-state index contributed by atoms with van der Waals surface area (Å²) >= 11 is 11.0. The van der Waals surface area contributed by atoms with Crippen molar-refractivity contribution in [2.45, 2.75) is 0 Å². The lowest BCUT2D eigenvalue weighted by Gasteiger charge is -2.28. The van der Waals surface area contributed by atoms with Crippen molar-refractivity contribution >= 4 is 64.2 Å². The van der Waals surface area contributed by atoms with Gasteiger partial charge in [0.1, 0.15) is 22.1 Å². The minimum atomic E-state index is -1.13. The number of nitrogens with zero attached hydrogens (tertiary/aromatic N) is 2. The summed E-state index contributed by atoms with van der Waals surface area (Å²) in [6, 6.07) is 12.5. The van der Waals surface area contributed by atoms with Gasteiger partial charge in [-0.3, -0.25) is 29.9 Å². The van der Waals surface area contributed by atoms with Gasteiger partial charge in [0.25, 0.3) is 17.5 Å². The highest BCUT2D eigenvalue weighted by atomic mass is 35.5. The number of furan rings is 1. The third-order valence-electron chi connectivity index (χ3n) is 4.81. The number of benzene rings is 2. The lowest BCUT2D eigenvalue weighted by atomic mass is 10.1. The van der Waals surface area contributed by atoms with Crippen molar-refractivity contribution in [3.8, 4) is 11.3 Å². The second kappa shape index (κ2) is 8.89. The summed E-state index contributed by atoms with van der Waals surface area (Å²) in [5.74, 6) is -2.22. The number of anilines is 1. The fourth-order valence-corrected chi connectivity index (χ4v) is 3.65. The molecule has 1 aliphatic heterocycles. The lowest BCUT2D eigenvalue weighted by molar-refractivity contribution is -0.384. The predicted molar refractivity (Wildman–Crippen MR) is 125 cm³/mol. The quantitative estimate of drug-likeness (QED) is 0.177. The van der Waals surface area contributed by atoms with Crippen LogP contribution in [-0.2, 0) is 9.59 Å². The first-order valence-corrected chi connectivity index (χ1v) is 10.2. The van der Waals surface area contributed by atoms with Gasteiger partial charge in [-0.05, 0) is 66.8 Å². The third kappa shape index (κ3) is 4.29. The van der Waals surface area contributed by atoms with Gasteiger partial charge in [0.2, 0.25) is 0 Å². The van der Waals surface area contributed by atoms with E-state index in [-0.39, 0.29) is 44.2 Å². The van der Waals surface area contributed by atoms with E-state index in [1.54, 1.807) is 0 Å². The van der Waals surface area contributed by atoms with Crippen LogP contribution in [0, 0.1) is 10.1 Å². The molecule has 2 amide bonds. The number of nitrogens with one attached hydrogen (secondary N) is 1. The molecule has 0 spiro atoms.